The summed E-state index contributed by atoms with van der Waals surface area (Å²) in [6.07, 6.45) is 2.97. The van der Waals surface area contributed by atoms with Crippen molar-refractivity contribution in [1.29, 1.82) is 5.26 Å². The Morgan fingerprint density at radius 3 is 2.50 bits per heavy atom. The highest BCUT2D eigenvalue weighted by atomic mass is 16.3. The van der Waals surface area contributed by atoms with Crippen molar-refractivity contribution in [1.82, 2.24) is 0 Å². The maximum absolute atomic E-state index is 10.6. The minimum atomic E-state index is -0.806. The Labute approximate surface area is 86.9 Å². The summed E-state index contributed by atoms with van der Waals surface area (Å²) in [7, 11) is 0. The van der Waals surface area contributed by atoms with Gasteiger partial charge in [0.2, 0.25) is 0 Å². The highest BCUT2D eigenvalue weighted by molar-refractivity contribution is 5.10. The fourth-order valence-corrected chi connectivity index (χ4v) is 2.62. The molecule has 1 fully saturated rings. The smallest absolute Gasteiger partial charge is 0.0855 e. The van der Waals surface area contributed by atoms with Crippen molar-refractivity contribution in [2.75, 3.05) is 0 Å². The predicted octanol–water partition coefficient (Wildman–Crippen LogP) is 2.72. The molecular weight excluding hydrogens is 174 g/mol. The SMILES string of the molecule is CC1CCCC(O)(C(C)(C)C#N)C1C. The van der Waals surface area contributed by atoms with E-state index in [9.17, 15) is 5.11 Å². The second-order valence-corrected chi connectivity index (χ2v) is 5.32. The zero-order chi connectivity index (χ0) is 11.0. The molecule has 0 saturated heterocycles. The molecule has 0 heterocycles. The number of nitrogens with zero attached hydrogens (tertiary/aromatic N) is 1. The molecule has 3 unspecified atom stereocenters. The molecule has 0 spiro atoms. The lowest BCUT2D eigenvalue weighted by Gasteiger charge is -2.48. The van der Waals surface area contributed by atoms with Crippen LogP contribution in [0.25, 0.3) is 0 Å². The van der Waals surface area contributed by atoms with Gasteiger partial charge in [0.05, 0.1) is 17.1 Å². The van der Waals surface area contributed by atoms with Gasteiger partial charge in [-0.25, -0.2) is 0 Å². The van der Waals surface area contributed by atoms with E-state index in [0.717, 1.165) is 12.8 Å². The van der Waals surface area contributed by atoms with Crippen LogP contribution in [0.2, 0.25) is 0 Å². The quantitative estimate of drug-likeness (QED) is 0.699. The van der Waals surface area contributed by atoms with E-state index in [4.69, 9.17) is 5.26 Å². The summed E-state index contributed by atoms with van der Waals surface area (Å²) < 4.78 is 0. The van der Waals surface area contributed by atoms with Gasteiger partial charge >= 0.3 is 0 Å². The average molecular weight is 195 g/mol. The van der Waals surface area contributed by atoms with Gasteiger partial charge in [0.1, 0.15) is 0 Å². The van der Waals surface area contributed by atoms with E-state index < -0.39 is 11.0 Å². The highest BCUT2D eigenvalue weighted by Crippen LogP contribution is 2.47. The van der Waals surface area contributed by atoms with Gasteiger partial charge in [0, 0.05) is 0 Å². The molecule has 1 rings (SSSR count). The molecule has 1 N–H and O–H groups in total. The summed E-state index contributed by atoms with van der Waals surface area (Å²) >= 11 is 0. The van der Waals surface area contributed by atoms with E-state index in [1.54, 1.807) is 0 Å². The van der Waals surface area contributed by atoms with Gasteiger partial charge in [0.25, 0.3) is 0 Å². The third-order valence-electron chi connectivity index (χ3n) is 4.19. The largest absolute Gasteiger partial charge is 0.388 e. The van der Waals surface area contributed by atoms with E-state index in [1.807, 2.05) is 13.8 Å². The second-order valence-electron chi connectivity index (χ2n) is 5.32. The van der Waals surface area contributed by atoms with Crippen LogP contribution in [0.5, 0.6) is 0 Å². The minimum Gasteiger partial charge on any atom is -0.388 e. The van der Waals surface area contributed by atoms with Crippen LogP contribution < -0.4 is 0 Å². The van der Waals surface area contributed by atoms with Crippen LogP contribution in [-0.2, 0) is 0 Å². The van der Waals surface area contributed by atoms with Crippen molar-refractivity contribution >= 4 is 0 Å². The number of aliphatic hydroxyl groups is 1. The van der Waals surface area contributed by atoms with Crippen molar-refractivity contribution in [3.05, 3.63) is 0 Å². The highest BCUT2D eigenvalue weighted by Gasteiger charge is 2.50. The number of rotatable bonds is 1. The molecule has 0 bridgehead atoms. The van der Waals surface area contributed by atoms with Gasteiger partial charge in [0.15, 0.2) is 0 Å². The molecule has 1 aliphatic rings. The topological polar surface area (TPSA) is 44.0 Å². The van der Waals surface area contributed by atoms with Gasteiger partial charge in [-0.3, -0.25) is 0 Å². The Bertz CT molecular complexity index is 254. The first kappa shape index (κ1) is 11.5. The molecule has 1 saturated carbocycles. The summed E-state index contributed by atoms with van der Waals surface area (Å²) in [5, 5.41) is 19.7. The van der Waals surface area contributed by atoms with Crippen molar-refractivity contribution in [2.24, 2.45) is 17.3 Å². The zero-order valence-electron chi connectivity index (χ0n) is 9.67. The molecule has 1 aliphatic carbocycles. The van der Waals surface area contributed by atoms with E-state index in [2.05, 4.69) is 19.9 Å². The number of nitriles is 1. The zero-order valence-corrected chi connectivity index (χ0v) is 9.67. The van der Waals surface area contributed by atoms with E-state index in [1.165, 1.54) is 6.42 Å². The van der Waals surface area contributed by atoms with Crippen LogP contribution in [-0.4, -0.2) is 10.7 Å². The molecule has 0 aromatic carbocycles. The van der Waals surface area contributed by atoms with Crippen LogP contribution in [0, 0.1) is 28.6 Å². The molecule has 0 amide bonds. The second kappa shape index (κ2) is 3.55. The van der Waals surface area contributed by atoms with E-state index in [-0.39, 0.29) is 5.92 Å². The van der Waals surface area contributed by atoms with Gasteiger partial charge in [-0.15, -0.1) is 0 Å². The molecule has 2 nitrogen and oxygen atoms in total. The Kier molecular flexibility index (Phi) is 2.92. The third-order valence-corrected chi connectivity index (χ3v) is 4.19. The normalized spacial score (nSPS) is 39.1. The van der Waals surface area contributed by atoms with Gasteiger partial charge < -0.3 is 5.11 Å². The fraction of sp³-hybridized carbons (Fsp3) is 0.917. The molecule has 0 aliphatic heterocycles. The van der Waals surface area contributed by atoms with Gasteiger partial charge in [-0.05, 0) is 32.1 Å². The van der Waals surface area contributed by atoms with Crippen LogP contribution >= 0.6 is 0 Å². The van der Waals surface area contributed by atoms with Crippen LogP contribution in [0.4, 0.5) is 0 Å². The lowest BCUT2D eigenvalue weighted by atomic mass is 9.60. The first-order valence-corrected chi connectivity index (χ1v) is 5.49. The maximum Gasteiger partial charge on any atom is 0.0855 e. The predicted molar refractivity (Wildman–Crippen MR) is 56.5 cm³/mol. The molecule has 80 valence electrons. The van der Waals surface area contributed by atoms with Gasteiger partial charge in [-0.1, -0.05) is 26.7 Å². The molecule has 0 aromatic rings. The summed E-state index contributed by atoms with van der Waals surface area (Å²) in [6, 6.07) is 2.25. The third kappa shape index (κ3) is 1.54. The van der Waals surface area contributed by atoms with Crippen molar-refractivity contribution in [3.63, 3.8) is 0 Å². The molecule has 0 aromatic heterocycles. The lowest BCUT2D eigenvalue weighted by molar-refractivity contribution is -0.122. The molecule has 14 heavy (non-hydrogen) atoms. The minimum absolute atomic E-state index is 0.214. The number of hydrogen-bond acceptors (Lipinski definition) is 2. The Morgan fingerprint density at radius 1 is 1.43 bits per heavy atom. The molecule has 0 radical (unpaired) electrons. The Morgan fingerprint density at radius 2 is 2.00 bits per heavy atom. The summed E-state index contributed by atoms with van der Waals surface area (Å²) in [5.74, 6) is 0.729. The maximum atomic E-state index is 10.6. The fourth-order valence-electron chi connectivity index (χ4n) is 2.62. The first-order chi connectivity index (χ1) is 6.35. The van der Waals surface area contributed by atoms with E-state index >= 15 is 0 Å². The lowest BCUT2D eigenvalue weighted by Crippen LogP contribution is -2.53. The van der Waals surface area contributed by atoms with E-state index in [0.29, 0.717) is 5.92 Å². The van der Waals surface area contributed by atoms with Crippen LogP contribution in [0.1, 0.15) is 47.0 Å². The molecule has 3 atom stereocenters. The van der Waals surface area contributed by atoms with Crippen molar-refractivity contribution in [2.45, 2.75) is 52.6 Å². The Balaban J connectivity index is 2.98. The monoisotopic (exact) mass is 195 g/mol. The summed E-state index contributed by atoms with van der Waals surface area (Å²) in [6.45, 7) is 7.94. The van der Waals surface area contributed by atoms with Crippen molar-refractivity contribution < 1.29 is 5.11 Å². The molecule has 2 heteroatoms. The van der Waals surface area contributed by atoms with Crippen LogP contribution in [0.15, 0.2) is 0 Å². The van der Waals surface area contributed by atoms with Gasteiger partial charge in [-0.2, -0.15) is 5.26 Å². The average Bonchev–Trinajstić information content (AvgIpc) is 2.14. The number of hydrogen-bond donors (Lipinski definition) is 1. The molecular formula is C12H21NO. The Hall–Kier alpha value is -0.550. The first-order valence-electron chi connectivity index (χ1n) is 5.49. The summed E-state index contributed by atoms with van der Waals surface area (Å²) in [4.78, 5) is 0. The van der Waals surface area contributed by atoms with Crippen LogP contribution in [0.3, 0.4) is 0 Å². The van der Waals surface area contributed by atoms with Crippen molar-refractivity contribution in [3.8, 4) is 6.07 Å². The summed E-state index contributed by atoms with van der Waals surface area (Å²) in [5.41, 5.74) is -1.44. The standard InChI is InChI=1S/C12H21NO/c1-9-6-5-7-12(14,10(9)2)11(3,4)8-13/h9-10,14H,5-7H2,1-4H3.